The molecule has 3 rings (SSSR count). The van der Waals surface area contributed by atoms with Crippen molar-refractivity contribution in [2.24, 2.45) is 0 Å². The lowest BCUT2D eigenvalue weighted by molar-refractivity contribution is -0.132. The second-order valence-electron chi connectivity index (χ2n) is 6.01. The number of carbonyl (C=O) groups is 2. The number of methoxy groups -OCH3 is 1. The molecule has 0 radical (unpaired) electrons. The van der Waals surface area contributed by atoms with Gasteiger partial charge in [-0.25, -0.2) is 0 Å². The van der Waals surface area contributed by atoms with E-state index in [-0.39, 0.29) is 17.9 Å². The summed E-state index contributed by atoms with van der Waals surface area (Å²) in [5.41, 5.74) is 1.70. The van der Waals surface area contributed by atoms with Gasteiger partial charge < -0.3 is 15.0 Å². The molecule has 132 valence electrons. The van der Waals surface area contributed by atoms with E-state index in [1.165, 1.54) is 12.7 Å². The number of carbonyl (C=O) groups excluding carboxylic acids is 2. The van der Waals surface area contributed by atoms with E-state index >= 15 is 0 Å². The summed E-state index contributed by atoms with van der Waals surface area (Å²) in [6.45, 7) is 1.11. The fourth-order valence-electron chi connectivity index (χ4n) is 3.23. The summed E-state index contributed by atoms with van der Waals surface area (Å²) < 4.78 is 5.20. The molecule has 1 fully saturated rings. The Morgan fingerprint density at radius 2 is 2.16 bits per heavy atom. The standard InChI is InChI=1S/C19H22N2O3S/c1-24-17-7-3-2-5-15(17)19(23)20-10-8-18(22)21-11-4-6-16(21)14-9-12-25-13-14/h2-3,5,7,9,12-13,16H,4,6,8,10-11H2,1H3,(H,20,23)/t16-/m1/s1. The summed E-state index contributed by atoms with van der Waals surface area (Å²) in [6.07, 6.45) is 2.34. The molecule has 6 heteroatoms. The van der Waals surface area contributed by atoms with Crippen LogP contribution in [-0.4, -0.2) is 36.9 Å². The van der Waals surface area contributed by atoms with Gasteiger partial charge in [0.25, 0.3) is 5.91 Å². The number of benzene rings is 1. The zero-order chi connectivity index (χ0) is 17.6. The van der Waals surface area contributed by atoms with Gasteiger partial charge in [0, 0.05) is 19.5 Å². The van der Waals surface area contributed by atoms with Gasteiger partial charge in [-0.05, 0) is 47.4 Å². The highest BCUT2D eigenvalue weighted by Crippen LogP contribution is 2.33. The highest BCUT2D eigenvalue weighted by molar-refractivity contribution is 7.08. The van der Waals surface area contributed by atoms with Crippen molar-refractivity contribution < 1.29 is 14.3 Å². The normalized spacial score (nSPS) is 16.7. The second kappa shape index (κ2) is 8.16. The zero-order valence-corrected chi connectivity index (χ0v) is 15.1. The minimum Gasteiger partial charge on any atom is -0.496 e. The van der Waals surface area contributed by atoms with Crippen molar-refractivity contribution in [1.82, 2.24) is 10.2 Å². The van der Waals surface area contributed by atoms with Gasteiger partial charge in [0.05, 0.1) is 18.7 Å². The number of hydrogen-bond donors (Lipinski definition) is 1. The van der Waals surface area contributed by atoms with E-state index in [0.29, 0.717) is 24.3 Å². The molecule has 0 aliphatic carbocycles. The van der Waals surface area contributed by atoms with Crippen molar-refractivity contribution in [2.75, 3.05) is 20.2 Å². The average Bonchev–Trinajstić information content (AvgIpc) is 3.32. The summed E-state index contributed by atoms with van der Waals surface area (Å²) in [6, 6.07) is 9.34. The van der Waals surface area contributed by atoms with E-state index in [4.69, 9.17) is 4.74 Å². The topological polar surface area (TPSA) is 58.6 Å². The molecule has 1 aliphatic rings. The van der Waals surface area contributed by atoms with Crippen LogP contribution in [-0.2, 0) is 4.79 Å². The van der Waals surface area contributed by atoms with E-state index in [9.17, 15) is 9.59 Å². The van der Waals surface area contributed by atoms with E-state index < -0.39 is 0 Å². The fourth-order valence-corrected chi connectivity index (χ4v) is 3.94. The summed E-state index contributed by atoms with van der Waals surface area (Å²) in [5.74, 6) is 0.401. The summed E-state index contributed by atoms with van der Waals surface area (Å²) in [7, 11) is 1.54. The van der Waals surface area contributed by atoms with Gasteiger partial charge in [0.2, 0.25) is 5.91 Å². The Bertz CT molecular complexity index is 730. The van der Waals surface area contributed by atoms with Crippen LogP contribution in [0.25, 0.3) is 0 Å². The Kier molecular flexibility index (Phi) is 5.71. The number of thiophene rings is 1. The van der Waals surface area contributed by atoms with Gasteiger partial charge in [-0.3, -0.25) is 9.59 Å². The largest absolute Gasteiger partial charge is 0.496 e. The molecular formula is C19H22N2O3S. The van der Waals surface area contributed by atoms with Crippen LogP contribution in [0.15, 0.2) is 41.1 Å². The van der Waals surface area contributed by atoms with Crippen LogP contribution in [0.5, 0.6) is 5.75 Å². The average molecular weight is 358 g/mol. The molecule has 1 N–H and O–H groups in total. The molecule has 2 aromatic rings. The molecule has 1 aromatic heterocycles. The SMILES string of the molecule is COc1ccccc1C(=O)NCCC(=O)N1CCC[C@@H]1c1ccsc1. The maximum absolute atomic E-state index is 12.5. The lowest BCUT2D eigenvalue weighted by atomic mass is 10.1. The molecule has 5 nitrogen and oxygen atoms in total. The number of rotatable bonds is 6. The summed E-state index contributed by atoms with van der Waals surface area (Å²) >= 11 is 1.66. The number of para-hydroxylation sites is 1. The van der Waals surface area contributed by atoms with Gasteiger partial charge in [-0.2, -0.15) is 11.3 Å². The smallest absolute Gasteiger partial charge is 0.255 e. The van der Waals surface area contributed by atoms with Crippen LogP contribution in [0.2, 0.25) is 0 Å². The maximum atomic E-state index is 12.5. The molecule has 0 spiro atoms. The molecule has 0 bridgehead atoms. The van der Waals surface area contributed by atoms with Crippen molar-refractivity contribution in [3.63, 3.8) is 0 Å². The number of amides is 2. The first-order valence-electron chi connectivity index (χ1n) is 8.43. The van der Waals surface area contributed by atoms with Crippen LogP contribution in [0.3, 0.4) is 0 Å². The number of hydrogen-bond acceptors (Lipinski definition) is 4. The van der Waals surface area contributed by atoms with Crippen molar-refractivity contribution in [1.29, 1.82) is 0 Å². The Hall–Kier alpha value is -2.34. The molecule has 1 aromatic carbocycles. The molecule has 25 heavy (non-hydrogen) atoms. The maximum Gasteiger partial charge on any atom is 0.255 e. The Labute approximate surface area is 151 Å². The molecular weight excluding hydrogens is 336 g/mol. The van der Waals surface area contributed by atoms with Gasteiger partial charge >= 0.3 is 0 Å². The number of nitrogens with one attached hydrogen (secondary N) is 1. The molecule has 2 amide bonds. The Morgan fingerprint density at radius 3 is 2.92 bits per heavy atom. The van der Waals surface area contributed by atoms with Crippen LogP contribution in [0.4, 0.5) is 0 Å². The van der Waals surface area contributed by atoms with Gasteiger partial charge in [-0.1, -0.05) is 12.1 Å². The van der Waals surface area contributed by atoms with Crippen molar-refractivity contribution in [3.8, 4) is 5.75 Å². The summed E-state index contributed by atoms with van der Waals surface area (Å²) in [5, 5.41) is 6.97. The second-order valence-corrected chi connectivity index (χ2v) is 6.79. The van der Waals surface area contributed by atoms with Crippen molar-refractivity contribution in [3.05, 3.63) is 52.2 Å². The third kappa shape index (κ3) is 4.02. The lowest BCUT2D eigenvalue weighted by Crippen LogP contribution is -2.34. The van der Waals surface area contributed by atoms with E-state index in [1.807, 2.05) is 16.3 Å². The van der Waals surface area contributed by atoms with Crippen LogP contribution in [0.1, 0.15) is 41.2 Å². The van der Waals surface area contributed by atoms with E-state index in [1.54, 1.807) is 29.5 Å². The highest BCUT2D eigenvalue weighted by atomic mass is 32.1. The zero-order valence-electron chi connectivity index (χ0n) is 14.2. The fraction of sp³-hybridized carbons (Fsp3) is 0.368. The van der Waals surface area contributed by atoms with E-state index in [0.717, 1.165) is 19.4 Å². The van der Waals surface area contributed by atoms with Crippen LogP contribution in [0, 0.1) is 0 Å². The number of ether oxygens (including phenoxy) is 1. The molecule has 0 unspecified atom stereocenters. The number of likely N-dealkylation sites (tertiary alicyclic amines) is 1. The third-order valence-electron chi connectivity index (χ3n) is 4.48. The molecule has 1 atom stereocenters. The minimum atomic E-state index is -0.221. The van der Waals surface area contributed by atoms with Crippen LogP contribution < -0.4 is 10.1 Å². The van der Waals surface area contributed by atoms with Crippen molar-refractivity contribution >= 4 is 23.2 Å². The molecule has 1 aliphatic heterocycles. The van der Waals surface area contributed by atoms with Crippen LogP contribution >= 0.6 is 11.3 Å². The molecule has 1 saturated heterocycles. The predicted molar refractivity (Wildman–Crippen MR) is 98.0 cm³/mol. The monoisotopic (exact) mass is 358 g/mol. The first kappa shape index (κ1) is 17.5. The third-order valence-corrected chi connectivity index (χ3v) is 5.18. The Morgan fingerprint density at radius 1 is 1.32 bits per heavy atom. The van der Waals surface area contributed by atoms with E-state index in [2.05, 4.69) is 16.8 Å². The predicted octanol–water partition coefficient (Wildman–Crippen LogP) is 3.24. The van der Waals surface area contributed by atoms with Crippen molar-refractivity contribution in [2.45, 2.75) is 25.3 Å². The number of nitrogens with zero attached hydrogens (tertiary/aromatic N) is 1. The first-order chi connectivity index (χ1) is 12.2. The van der Waals surface area contributed by atoms with Gasteiger partial charge in [0.15, 0.2) is 0 Å². The first-order valence-corrected chi connectivity index (χ1v) is 9.37. The quantitative estimate of drug-likeness (QED) is 0.862. The minimum absolute atomic E-state index is 0.0917. The van der Waals surface area contributed by atoms with Gasteiger partial charge in [-0.15, -0.1) is 0 Å². The highest BCUT2D eigenvalue weighted by Gasteiger charge is 2.29. The molecule has 2 heterocycles. The summed E-state index contributed by atoms with van der Waals surface area (Å²) in [4.78, 5) is 26.8. The lowest BCUT2D eigenvalue weighted by Gasteiger charge is -2.24. The van der Waals surface area contributed by atoms with Gasteiger partial charge in [0.1, 0.15) is 5.75 Å². The molecule has 0 saturated carbocycles. The Balaban J connectivity index is 1.53.